The van der Waals surface area contributed by atoms with Crippen molar-refractivity contribution in [2.45, 2.75) is 19.8 Å². The minimum atomic E-state index is 0.558. The minimum Gasteiger partial charge on any atom is -0.350 e. The molecule has 0 aliphatic rings. The first-order chi connectivity index (χ1) is 10.1. The molecule has 0 unspecified atom stereocenters. The molecule has 0 saturated heterocycles. The van der Waals surface area contributed by atoms with E-state index >= 15 is 0 Å². The fraction of sp³-hybridized carbons (Fsp3) is 0.200. The largest absolute Gasteiger partial charge is 0.350 e. The third-order valence-electron chi connectivity index (χ3n) is 3.96. The maximum atomic E-state index is 2.30. The van der Waals surface area contributed by atoms with Crippen LogP contribution in [0.4, 0.5) is 0 Å². The fourth-order valence-electron chi connectivity index (χ4n) is 2.68. The van der Waals surface area contributed by atoms with Crippen LogP contribution in [0.25, 0.3) is 22.4 Å². The molecule has 1 aromatic heterocycles. The highest BCUT2D eigenvalue weighted by Crippen LogP contribution is 2.29. The molecule has 3 aromatic rings. The molecular weight excluding hydrogens is 254 g/mol. The molecule has 0 radical (unpaired) electrons. The number of nitrogens with zero attached hydrogens (tertiary/aromatic N) is 1. The second-order valence-electron chi connectivity index (χ2n) is 5.87. The summed E-state index contributed by atoms with van der Waals surface area (Å²) >= 11 is 0. The van der Waals surface area contributed by atoms with Gasteiger partial charge in [-0.05, 0) is 40.3 Å². The lowest BCUT2D eigenvalue weighted by molar-refractivity contribution is 0.850. The predicted octanol–water partition coefficient (Wildman–Crippen LogP) is 5.48. The van der Waals surface area contributed by atoms with Crippen LogP contribution in [0.5, 0.6) is 0 Å². The molecule has 2 aromatic carbocycles. The smallest absolute Gasteiger partial charge is 0.0480 e. The lowest BCUT2D eigenvalue weighted by Gasteiger charge is -2.07. The van der Waals surface area contributed by atoms with Crippen LogP contribution in [0.2, 0.25) is 0 Å². The molecule has 0 bridgehead atoms. The van der Waals surface area contributed by atoms with Crippen molar-refractivity contribution in [2.75, 3.05) is 0 Å². The molecule has 0 spiro atoms. The molecular formula is C20H21N. The average Bonchev–Trinajstić information content (AvgIpc) is 2.91. The Hall–Kier alpha value is -2.28. The molecule has 21 heavy (non-hydrogen) atoms. The molecule has 0 aliphatic heterocycles. The third-order valence-corrected chi connectivity index (χ3v) is 3.96. The molecule has 3 rings (SSSR count). The van der Waals surface area contributed by atoms with Crippen molar-refractivity contribution in [2.24, 2.45) is 7.05 Å². The molecule has 1 nitrogen and oxygen atoms in total. The van der Waals surface area contributed by atoms with Crippen molar-refractivity contribution < 1.29 is 0 Å². The summed E-state index contributed by atoms with van der Waals surface area (Å²) in [6, 6.07) is 21.6. The standard InChI is InChI=1S/C20H21N/c1-15(2)19-13-20(21(3)14-19)18-11-7-10-17(12-18)16-8-5-4-6-9-16/h4-15H,1-3H3. The van der Waals surface area contributed by atoms with Gasteiger partial charge in [0, 0.05) is 18.9 Å². The zero-order valence-corrected chi connectivity index (χ0v) is 12.9. The Bertz CT molecular complexity index is 736. The fourth-order valence-corrected chi connectivity index (χ4v) is 2.68. The van der Waals surface area contributed by atoms with E-state index in [-0.39, 0.29) is 0 Å². The number of benzene rings is 2. The molecule has 0 N–H and O–H groups in total. The number of aryl methyl sites for hydroxylation is 1. The van der Waals surface area contributed by atoms with Gasteiger partial charge in [0.25, 0.3) is 0 Å². The van der Waals surface area contributed by atoms with E-state index in [1.807, 2.05) is 0 Å². The van der Waals surface area contributed by atoms with Crippen molar-refractivity contribution >= 4 is 0 Å². The summed E-state index contributed by atoms with van der Waals surface area (Å²) in [5, 5.41) is 0. The van der Waals surface area contributed by atoms with Gasteiger partial charge < -0.3 is 4.57 Å². The molecule has 106 valence electrons. The lowest BCUT2D eigenvalue weighted by Crippen LogP contribution is -1.89. The average molecular weight is 275 g/mol. The maximum absolute atomic E-state index is 2.30. The Morgan fingerprint density at radius 3 is 2.10 bits per heavy atom. The highest BCUT2D eigenvalue weighted by molar-refractivity contribution is 5.72. The van der Waals surface area contributed by atoms with Gasteiger partial charge in [-0.3, -0.25) is 0 Å². The Labute approximate surface area is 126 Å². The van der Waals surface area contributed by atoms with Crippen molar-refractivity contribution in [1.29, 1.82) is 0 Å². The monoisotopic (exact) mass is 275 g/mol. The Morgan fingerprint density at radius 2 is 1.43 bits per heavy atom. The summed E-state index contributed by atoms with van der Waals surface area (Å²) in [5.74, 6) is 0.558. The number of rotatable bonds is 3. The number of hydrogen-bond donors (Lipinski definition) is 0. The van der Waals surface area contributed by atoms with Gasteiger partial charge in [0.2, 0.25) is 0 Å². The molecule has 0 atom stereocenters. The summed E-state index contributed by atoms with van der Waals surface area (Å²) in [7, 11) is 2.12. The molecule has 0 saturated carbocycles. The van der Waals surface area contributed by atoms with E-state index in [0.29, 0.717) is 5.92 Å². The van der Waals surface area contributed by atoms with Gasteiger partial charge in [0.15, 0.2) is 0 Å². The van der Waals surface area contributed by atoms with Gasteiger partial charge in [-0.1, -0.05) is 62.4 Å². The Kier molecular flexibility index (Phi) is 3.66. The van der Waals surface area contributed by atoms with Crippen LogP contribution >= 0.6 is 0 Å². The topological polar surface area (TPSA) is 4.93 Å². The molecule has 0 fully saturated rings. The summed E-state index contributed by atoms with van der Waals surface area (Å²) < 4.78 is 2.22. The van der Waals surface area contributed by atoms with Crippen LogP contribution in [0, 0.1) is 0 Å². The summed E-state index contributed by atoms with van der Waals surface area (Å²) in [6.07, 6.45) is 2.23. The van der Waals surface area contributed by atoms with Crippen LogP contribution in [-0.2, 0) is 7.05 Å². The Balaban J connectivity index is 2.04. The van der Waals surface area contributed by atoms with Crippen molar-refractivity contribution in [1.82, 2.24) is 4.57 Å². The van der Waals surface area contributed by atoms with Crippen molar-refractivity contribution in [3.8, 4) is 22.4 Å². The van der Waals surface area contributed by atoms with Crippen LogP contribution in [0.1, 0.15) is 25.3 Å². The van der Waals surface area contributed by atoms with Crippen LogP contribution in [-0.4, -0.2) is 4.57 Å². The highest BCUT2D eigenvalue weighted by atomic mass is 14.9. The molecule has 1 heterocycles. The van der Waals surface area contributed by atoms with Gasteiger partial charge in [0.05, 0.1) is 0 Å². The Morgan fingerprint density at radius 1 is 0.762 bits per heavy atom. The van der Waals surface area contributed by atoms with Crippen molar-refractivity contribution in [3.05, 3.63) is 72.4 Å². The van der Waals surface area contributed by atoms with E-state index in [4.69, 9.17) is 0 Å². The van der Waals surface area contributed by atoms with E-state index in [1.54, 1.807) is 0 Å². The molecule has 0 amide bonds. The summed E-state index contributed by atoms with van der Waals surface area (Å²) in [4.78, 5) is 0. The lowest BCUT2D eigenvalue weighted by atomic mass is 10.0. The van der Waals surface area contributed by atoms with Crippen LogP contribution in [0.3, 0.4) is 0 Å². The second kappa shape index (κ2) is 5.61. The van der Waals surface area contributed by atoms with E-state index in [2.05, 4.69) is 92.3 Å². The van der Waals surface area contributed by atoms with E-state index in [9.17, 15) is 0 Å². The first kappa shape index (κ1) is 13.7. The number of aromatic nitrogens is 1. The first-order valence-corrected chi connectivity index (χ1v) is 7.47. The van der Waals surface area contributed by atoms with E-state index in [1.165, 1.54) is 27.9 Å². The van der Waals surface area contributed by atoms with Gasteiger partial charge in [0.1, 0.15) is 0 Å². The SMILES string of the molecule is CC(C)c1cc(-c2cccc(-c3ccccc3)c2)n(C)c1. The third kappa shape index (κ3) is 2.78. The van der Waals surface area contributed by atoms with Gasteiger partial charge >= 0.3 is 0 Å². The highest BCUT2D eigenvalue weighted by Gasteiger charge is 2.09. The maximum Gasteiger partial charge on any atom is 0.0480 e. The number of hydrogen-bond acceptors (Lipinski definition) is 0. The summed E-state index contributed by atoms with van der Waals surface area (Å²) in [6.45, 7) is 4.47. The summed E-state index contributed by atoms with van der Waals surface area (Å²) in [5.41, 5.74) is 6.46. The quantitative estimate of drug-likeness (QED) is 0.596. The second-order valence-corrected chi connectivity index (χ2v) is 5.87. The van der Waals surface area contributed by atoms with Gasteiger partial charge in [-0.25, -0.2) is 0 Å². The van der Waals surface area contributed by atoms with Crippen LogP contribution in [0.15, 0.2) is 66.9 Å². The van der Waals surface area contributed by atoms with E-state index < -0.39 is 0 Å². The van der Waals surface area contributed by atoms with Gasteiger partial charge in [-0.2, -0.15) is 0 Å². The normalized spacial score (nSPS) is 11.0. The van der Waals surface area contributed by atoms with Gasteiger partial charge in [-0.15, -0.1) is 0 Å². The minimum absolute atomic E-state index is 0.558. The zero-order chi connectivity index (χ0) is 14.8. The first-order valence-electron chi connectivity index (χ1n) is 7.47. The van der Waals surface area contributed by atoms with Crippen molar-refractivity contribution in [3.63, 3.8) is 0 Å². The molecule has 1 heteroatoms. The molecule has 0 aliphatic carbocycles. The predicted molar refractivity (Wildman–Crippen MR) is 90.4 cm³/mol. The zero-order valence-electron chi connectivity index (χ0n) is 12.9. The van der Waals surface area contributed by atoms with Crippen LogP contribution < -0.4 is 0 Å². The van der Waals surface area contributed by atoms with E-state index in [0.717, 1.165) is 0 Å².